The molecule has 24 heavy (non-hydrogen) atoms. The number of carbonyl (C=O) groups is 1. The van der Waals surface area contributed by atoms with Gasteiger partial charge in [0, 0.05) is 0 Å². The molecule has 0 aliphatic carbocycles. The Morgan fingerprint density at radius 1 is 1.21 bits per heavy atom. The summed E-state index contributed by atoms with van der Waals surface area (Å²) in [4.78, 5) is 12.2. The number of nitrogens with zero attached hydrogens (tertiary/aromatic N) is 1. The lowest BCUT2D eigenvalue weighted by Crippen LogP contribution is -2.23. The van der Waals surface area contributed by atoms with Crippen molar-refractivity contribution < 1.29 is 14.3 Å². The molecule has 3 N–H and O–H groups in total. The highest BCUT2D eigenvalue weighted by atomic mass is 32.1. The largest absolute Gasteiger partial charge is 0.493 e. The van der Waals surface area contributed by atoms with Crippen molar-refractivity contribution in [3.8, 4) is 11.5 Å². The Labute approximate surface area is 145 Å². The Kier molecular flexibility index (Phi) is 5.86. The van der Waals surface area contributed by atoms with Gasteiger partial charge in [-0.2, -0.15) is 5.10 Å². The van der Waals surface area contributed by atoms with E-state index in [-0.39, 0.29) is 5.11 Å². The van der Waals surface area contributed by atoms with E-state index in [1.54, 1.807) is 30.3 Å². The quantitative estimate of drug-likeness (QED) is 0.285. The second-order valence-corrected chi connectivity index (χ2v) is 5.34. The van der Waals surface area contributed by atoms with Gasteiger partial charge in [0.2, 0.25) is 0 Å². The molecular formula is C17H17N3O3S. The molecule has 0 amide bonds. The molecule has 0 atom stereocenters. The Bertz CT molecular complexity index is 773. The van der Waals surface area contributed by atoms with Crippen molar-refractivity contribution in [2.24, 2.45) is 10.8 Å². The van der Waals surface area contributed by atoms with Gasteiger partial charge in [-0.1, -0.05) is 17.7 Å². The topological polar surface area (TPSA) is 85.9 Å². The molecule has 0 aromatic heterocycles. The molecule has 0 radical (unpaired) electrons. The van der Waals surface area contributed by atoms with Crippen LogP contribution >= 0.6 is 12.2 Å². The van der Waals surface area contributed by atoms with Gasteiger partial charge in [-0.25, -0.2) is 4.79 Å². The van der Waals surface area contributed by atoms with Gasteiger partial charge in [0.25, 0.3) is 0 Å². The van der Waals surface area contributed by atoms with Crippen LogP contribution in [-0.2, 0) is 0 Å². The number of aryl methyl sites for hydroxylation is 1. The van der Waals surface area contributed by atoms with E-state index >= 15 is 0 Å². The molecule has 7 heteroatoms. The SMILES string of the molecule is COc1cc(C=NNC(N)=S)ccc1OC(=O)c1ccc(C)cc1. The fraction of sp³-hybridized carbons (Fsp3) is 0.118. The van der Waals surface area contributed by atoms with Crippen molar-refractivity contribution in [1.29, 1.82) is 0 Å². The summed E-state index contributed by atoms with van der Waals surface area (Å²) in [6.07, 6.45) is 1.52. The third kappa shape index (κ3) is 4.79. The zero-order valence-electron chi connectivity index (χ0n) is 13.3. The van der Waals surface area contributed by atoms with Crippen LogP contribution in [0.5, 0.6) is 11.5 Å². The number of carbonyl (C=O) groups excluding carboxylic acids is 1. The molecule has 2 aromatic rings. The molecule has 124 valence electrons. The van der Waals surface area contributed by atoms with Gasteiger partial charge in [0.05, 0.1) is 18.9 Å². The zero-order chi connectivity index (χ0) is 17.5. The molecule has 6 nitrogen and oxygen atoms in total. The predicted molar refractivity (Wildman–Crippen MR) is 96.6 cm³/mol. The fourth-order valence-corrected chi connectivity index (χ4v) is 1.92. The average molecular weight is 343 g/mol. The van der Waals surface area contributed by atoms with Crippen molar-refractivity contribution in [3.63, 3.8) is 0 Å². The normalized spacial score (nSPS) is 10.4. The van der Waals surface area contributed by atoms with E-state index in [0.29, 0.717) is 17.1 Å². The number of rotatable bonds is 5. The molecule has 0 aliphatic rings. The van der Waals surface area contributed by atoms with E-state index in [1.807, 2.05) is 19.1 Å². The zero-order valence-corrected chi connectivity index (χ0v) is 14.1. The first-order chi connectivity index (χ1) is 11.5. The van der Waals surface area contributed by atoms with Gasteiger partial charge in [-0.3, -0.25) is 5.43 Å². The van der Waals surface area contributed by atoms with Crippen LogP contribution in [0.2, 0.25) is 0 Å². The van der Waals surface area contributed by atoms with Crippen LogP contribution in [0.15, 0.2) is 47.6 Å². The third-order valence-electron chi connectivity index (χ3n) is 3.07. The maximum atomic E-state index is 12.2. The maximum Gasteiger partial charge on any atom is 0.343 e. The van der Waals surface area contributed by atoms with Crippen LogP contribution < -0.4 is 20.6 Å². The van der Waals surface area contributed by atoms with Gasteiger partial charge in [0.1, 0.15) is 0 Å². The molecule has 0 unspecified atom stereocenters. The Morgan fingerprint density at radius 3 is 2.54 bits per heavy atom. The van der Waals surface area contributed by atoms with E-state index in [2.05, 4.69) is 22.7 Å². The number of hydrogen-bond acceptors (Lipinski definition) is 5. The molecule has 0 spiro atoms. The minimum atomic E-state index is -0.454. The molecule has 2 rings (SSSR count). The van der Waals surface area contributed by atoms with Gasteiger partial charge in [-0.05, 0) is 55.0 Å². The summed E-state index contributed by atoms with van der Waals surface area (Å²) in [6, 6.07) is 12.2. The highest BCUT2D eigenvalue weighted by molar-refractivity contribution is 7.80. The Balaban J connectivity index is 2.15. The van der Waals surface area contributed by atoms with Crippen LogP contribution in [0.3, 0.4) is 0 Å². The van der Waals surface area contributed by atoms with Gasteiger partial charge >= 0.3 is 5.97 Å². The van der Waals surface area contributed by atoms with E-state index < -0.39 is 5.97 Å². The average Bonchev–Trinajstić information content (AvgIpc) is 2.56. The number of nitrogens with two attached hydrogens (primary N) is 1. The summed E-state index contributed by atoms with van der Waals surface area (Å²) in [5, 5.41) is 3.93. The van der Waals surface area contributed by atoms with Crippen LogP contribution in [0, 0.1) is 6.92 Å². The first kappa shape index (κ1) is 17.4. The summed E-state index contributed by atoms with van der Waals surface area (Å²) in [7, 11) is 1.49. The van der Waals surface area contributed by atoms with Crippen molar-refractivity contribution in [3.05, 3.63) is 59.2 Å². The Hall–Kier alpha value is -2.93. The number of benzene rings is 2. The highest BCUT2D eigenvalue weighted by Crippen LogP contribution is 2.28. The second kappa shape index (κ2) is 8.07. The number of hydrazone groups is 1. The van der Waals surface area contributed by atoms with Crippen molar-refractivity contribution >= 4 is 29.5 Å². The predicted octanol–water partition coefficient (Wildman–Crippen LogP) is 2.39. The minimum absolute atomic E-state index is 0.0712. The van der Waals surface area contributed by atoms with E-state index in [4.69, 9.17) is 15.2 Å². The van der Waals surface area contributed by atoms with Gasteiger partial charge in [0.15, 0.2) is 16.6 Å². The minimum Gasteiger partial charge on any atom is -0.493 e. The van der Waals surface area contributed by atoms with E-state index in [1.165, 1.54) is 13.3 Å². The molecule has 2 aromatic carbocycles. The number of ether oxygens (including phenoxy) is 2. The number of thiocarbonyl (C=S) groups is 1. The summed E-state index contributed by atoms with van der Waals surface area (Å²) < 4.78 is 10.7. The molecule has 0 fully saturated rings. The van der Waals surface area contributed by atoms with Crippen molar-refractivity contribution in [1.82, 2.24) is 5.43 Å². The lowest BCUT2D eigenvalue weighted by Gasteiger charge is -2.10. The van der Waals surface area contributed by atoms with Crippen LogP contribution in [-0.4, -0.2) is 24.4 Å². The molecular weight excluding hydrogens is 326 g/mol. The van der Waals surface area contributed by atoms with Crippen molar-refractivity contribution in [2.45, 2.75) is 6.92 Å². The standard InChI is InChI=1S/C17H17N3O3S/c1-11-3-6-13(7-4-11)16(21)23-14-8-5-12(9-15(14)22-2)10-19-20-17(18)24/h3-10H,1-2H3,(H3,18,20,24). The molecule has 0 saturated heterocycles. The smallest absolute Gasteiger partial charge is 0.343 e. The monoisotopic (exact) mass is 343 g/mol. The molecule has 0 aliphatic heterocycles. The molecule has 0 bridgehead atoms. The molecule has 0 heterocycles. The Morgan fingerprint density at radius 2 is 1.92 bits per heavy atom. The van der Waals surface area contributed by atoms with Crippen LogP contribution in [0.4, 0.5) is 0 Å². The lowest BCUT2D eigenvalue weighted by atomic mass is 10.1. The number of nitrogens with one attached hydrogen (secondary N) is 1. The first-order valence-electron chi connectivity index (χ1n) is 7.05. The maximum absolute atomic E-state index is 12.2. The summed E-state index contributed by atoms with van der Waals surface area (Å²) in [6.45, 7) is 1.95. The van der Waals surface area contributed by atoms with E-state index in [0.717, 1.165) is 11.1 Å². The van der Waals surface area contributed by atoms with Crippen LogP contribution in [0.1, 0.15) is 21.5 Å². The third-order valence-corrected chi connectivity index (χ3v) is 3.16. The summed E-state index contributed by atoms with van der Waals surface area (Å²) in [5.41, 5.74) is 10.00. The first-order valence-corrected chi connectivity index (χ1v) is 7.46. The molecule has 0 saturated carbocycles. The highest BCUT2D eigenvalue weighted by Gasteiger charge is 2.12. The lowest BCUT2D eigenvalue weighted by molar-refractivity contribution is 0.0729. The van der Waals surface area contributed by atoms with Crippen molar-refractivity contribution in [2.75, 3.05) is 7.11 Å². The number of esters is 1. The second-order valence-electron chi connectivity index (χ2n) is 4.90. The van der Waals surface area contributed by atoms with Gasteiger partial charge < -0.3 is 15.2 Å². The summed E-state index contributed by atoms with van der Waals surface area (Å²) in [5.74, 6) is 0.280. The summed E-state index contributed by atoms with van der Waals surface area (Å²) >= 11 is 4.65. The number of methoxy groups -OCH3 is 1. The fourth-order valence-electron chi connectivity index (χ4n) is 1.87. The van der Waals surface area contributed by atoms with Gasteiger partial charge in [-0.15, -0.1) is 0 Å². The van der Waals surface area contributed by atoms with E-state index in [9.17, 15) is 4.79 Å². The van der Waals surface area contributed by atoms with Crippen LogP contribution in [0.25, 0.3) is 0 Å². The number of hydrogen-bond donors (Lipinski definition) is 2.